The zero-order valence-corrected chi connectivity index (χ0v) is 9.85. The molecule has 0 amide bonds. The van der Waals surface area contributed by atoms with Gasteiger partial charge in [0.15, 0.2) is 0 Å². The molecule has 0 aliphatic carbocycles. The highest BCUT2D eigenvalue weighted by Gasteiger charge is 2.04. The maximum Gasteiger partial charge on any atom is 0.0704 e. The molecule has 0 aliphatic rings. The molecule has 0 saturated heterocycles. The van der Waals surface area contributed by atoms with E-state index in [0.717, 1.165) is 12.2 Å². The normalized spacial score (nSPS) is 13.6. The Kier molecular flexibility index (Phi) is 9.03. The van der Waals surface area contributed by atoms with Crippen LogP contribution in [-0.4, -0.2) is 31.7 Å². The summed E-state index contributed by atoms with van der Waals surface area (Å²) in [5.41, 5.74) is 0. The van der Waals surface area contributed by atoms with Crippen LogP contribution < -0.4 is 0 Å². The zero-order valence-electron chi connectivity index (χ0n) is 8.95. The van der Waals surface area contributed by atoms with E-state index in [9.17, 15) is 0 Å². The Morgan fingerprint density at radius 2 is 1.77 bits per heavy atom. The number of rotatable bonds is 8. The van der Waals surface area contributed by atoms with Crippen molar-refractivity contribution in [3.05, 3.63) is 0 Å². The first-order chi connectivity index (χ1) is 6.16. The molecule has 13 heavy (non-hydrogen) atoms. The Morgan fingerprint density at radius 3 is 2.31 bits per heavy atom. The molecule has 0 rings (SSSR count). The fraction of sp³-hybridized carbons (Fsp3) is 1.00. The molecule has 1 atom stereocenters. The van der Waals surface area contributed by atoms with Gasteiger partial charge in [0, 0.05) is 5.75 Å². The molecular weight excluding hydrogens is 184 g/mol. The first-order valence-electron chi connectivity index (χ1n) is 4.97. The van der Waals surface area contributed by atoms with E-state index >= 15 is 0 Å². The molecule has 0 aromatic heterocycles. The lowest BCUT2D eigenvalue weighted by atomic mass is 10.1. The van der Waals surface area contributed by atoms with Gasteiger partial charge in [-0.2, -0.15) is 12.6 Å². The van der Waals surface area contributed by atoms with E-state index in [0.29, 0.717) is 31.8 Å². The minimum absolute atomic E-state index is 0.347. The summed E-state index contributed by atoms with van der Waals surface area (Å²) < 4.78 is 10.8. The maximum atomic E-state index is 5.55. The van der Waals surface area contributed by atoms with Crippen LogP contribution in [0.2, 0.25) is 0 Å². The molecule has 0 aromatic carbocycles. The van der Waals surface area contributed by atoms with Crippen molar-refractivity contribution in [3.8, 4) is 0 Å². The Bertz CT molecular complexity index is 107. The standard InChI is InChI=1S/C10H22O2S/c1-9(2)8-10(3)12-5-4-11-6-7-13/h9-10,13H,4-8H2,1-3H3. The molecule has 1 unspecified atom stereocenters. The van der Waals surface area contributed by atoms with Crippen LogP contribution in [0.5, 0.6) is 0 Å². The third-order valence-electron chi connectivity index (χ3n) is 1.67. The van der Waals surface area contributed by atoms with Crippen molar-refractivity contribution in [2.24, 2.45) is 5.92 Å². The third-order valence-corrected chi connectivity index (χ3v) is 1.85. The van der Waals surface area contributed by atoms with Crippen LogP contribution in [0.25, 0.3) is 0 Å². The van der Waals surface area contributed by atoms with E-state index in [1.54, 1.807) is 0 Å². The van der Waals surface area contributed by atoms with Crippen molar-refractivity contribution in [2.75, 3.05) is 25.6 Å². The van der Waals surface area contributed by atoms with Crippen molar-refractivity contribution < 1.29 is 9.47 Å². The molecule has 2 nitrogen and oxygen atoms in total. The average molecular weight is 206 g/mol. The number of hydrogen-bond donors (Lipinski definition) is 1. The molecule has 0 saturated carbocycles. The van der Waals surface area contributed by atoms with Crippen LogP contribution in [0, 0.1) is 5.92 Å². The van der Waals surface area contributed by atoms with Crippen molar-refractivity contribution >= 4 is 12.6 Å². The lowest BCUT2D eigenvalue weighted by Crippen LogP contribution is -2.15. The topological polar surface area (TPSA) is 18.5 Å². The molecule has 0 spiro atoms. The molecule has 0 N–H and O–H groups in total. The predicted octanol–water partition coefficient (Wildman–Crippen LogP) is 2.38. The van der Waals surface area contributed by atoms with E-state index in [1.165, 1.54) is 0 Å². The van der Waals surface area contributed by atoms with Gasteiger partial charge < -0.3 is 9.47 Å². The second kappa shape index (κ2) is 8.85. The number of ether oxygens (including phenoxy) is 2. The van der Waals surface area contributed by atoms with Crippen molar-refractivity contribution in [1.82, 2.24) is 0 Å². The van der Waals surface area contributed by atoms with Gasteiger partial charge in [0.25, 0.3) is 0 Å². The monoisotopic (exact) mass is 206 g/mol. The third kappa shape index (κ3) is 10.2. The first kappa shape index (κ1) is 13.3. The minimum Gasteiger partial charge on any atom is -0.378 e. The van der Waals surface area contributed by atoms with Gasteiger partial charge in [-0.05, 0) is 19.3 Å². The zero-order chi connectivity index (χ0) is 10.1. The van der Waals surface area contributed by atoms with Gasteiger partial charge >= 0.3 is 0 Å². The fourth-order valence-electron chi connectivity index (χ4n) is 1.21. The van der Waals surface area contributed by atoms with Gasteiger partial charge in [-0.1, -0.05) is 13.8 Å². The van der Waals surface area contributed by atoms with Crippen molar-refractivity contribution in [2.45, 2.75) is 33.3 Å². The lowest BCUT2D eigenvalue weighted by Gasteiger charge is -2.14. The predicted molar refractivity (Wildman–Crippen MR) is 59.5 cm³/mol. The Balaban J connectivity index is 3.12. The second-order valence-electron chi connectivity index (χ2n) is 3.65. The summed E-state index contributed by atoms with van der Waals surface area (Å²) in [7, 11) is 0. The van der Waals surface area contributed by atoms with Crippen LogP contribution in [0.1, 0.15) is 27.2 Å². The van der Waals surface area contributed by atoms with Gasteiger partial charge in [0.05, 0.1) is 25.9 Å². The lowest BCUT2D eigenvalue weighted by molar-refractivity contribution is 0.00803. The molecule has 0 fully saturated rings. The fourth-order valence-corrected chi connectivity index (χ4v) is 1.34. The highest BCUT2D eigenvalue weighted by atomic mass is 32.1. The number of thiol groups is 1. The Labute approximate surface area is 87.4 Å². The van der Waals surface area contributed by atoms with Crippen LogP contribution in [-0.2, 0) is 9.47 Å². The second-order valence-corrected chi connectivity index (χ2v) is 4.09. The summed E-state index contributed by atoms with van der Waals surface area (Å²) in [6.45, 7) is 8.61. The first-order valence-corrected chi connectivity index (χ1v) is 5.60. The van der Waals surface area contributed by atoms with Crippen LogP contribution in [0.3, 0.4) is 0 Å². The smallest absolute Gasteiger partial charge is 0.0704 e. The van der Waals surface area contributed by atoms with E-state index in [4.69, 9.17) is 9.47 Å². The van der Waals surface area contributed by atoms with E-state index in [-0.39, 0.29) is 0 Å². The van der Waals surface area contributed by atoms with Gasteiger partial charge in [0.1, 0.15) is 0 Å². The van der Waals surface area contributed by atoms with E-state index in [2.05, 4.69) is 33.4 Å². The summed E-state index contributed by atoms with van der Waals surface area (Å²) in [6.07, 6.45) is 1.46. The van der Waals surface area contributed by atoms with Crippen molar-refractivity contribution in [3.63, 3.8) is 0 Å². The molecule has 3 heteroatoms. The SMILES string of the molecule is CC(C)CC(C)OCCOCCS. The molecule has 0 radical (unpaired) electrons. The summed E-state index contributed by atoms with van der Waals surface area (Å²) in [6, 6.07) is 0. The van der Waals surface area contributed by atoms with Gasteiger partial charge in [-0.3, -0.25) is 0 Å². The quantitative estimate of drug-likeness (QED) is 0.485. The maximum absolute atomic E-state index is 5.55. The molecule has 0 heterocycles. The Hall–Kier alpha value is 0.270. The molecule has 80 valence electrons. The Morgan fingerprint density at radius 1 is 1.08 bits per heavy atom. The summed E-state index contributed by atoms with van der Waals surface area (Å²) in [4.78, 5) is 0. The van der Waals surface area contributed by atoms with Crippen LogP contribution >= 0.6 is 12.6 Å². The van der Waals surface area contributed by atoms with Gasteiger partial charge in [-0.15, -0.1) is 0 Å². The molecule has 0 bridgehead atoms. The van der Waals surface area contributed by atoms with E-state index < -0.39 is 0 Å². The molecule has 0 aromatic rings. The molecular formula is C10H22O2S. The molecule has 0 aliphatic heterocycles. The number of hydrogen-bond acceptors (Lipinski definition) is 3. The average Bonchev–Trinajstić information content (AvgIpc) is 2.02. The van der Waals surface area contributed by atoms with Crippen LogP contribution in [0.4, 0.5) is 0 Å². The highest BCUT2D eigenvalue weighted by molar-refractivity contribution is 7.80. The summed E-state index contributed by atoms with van der Waals surface area (Å²) in [5, 5.41) is 0. The minimum atomic E-state index is 0.347. The van der Waals surface area contributed by atoms with Gasteiger partial charge in [0.2, 0.25) is 0 Å². The largest absolute Gasteiger partial charge is 0.378 e. The summed E-state index contributed by atoms with van der Waals surface area (Å²) >= 11 is 4.04. The van der Waals surface area contributed by atoms with Gasteiger partial charge in [-0.25, -0.2) is 0 Å². The van der Waals surface area contributed by atoms with Crippen molar-refractivity contribution in [1.29, 1.82) is 0 Å². The van der Waals surface area contributed by atoms with Crippen LogP contribution in [0.15, 0.2) is 0 Å². The van der Waals surface area contributed by atoms with E-state index in [1.807, 2.05) is 0 Å². The highest BCUT2D eigenvalue weighted by Crippen LogP contribution is 2.06. The summed E-state index contributed by atoms with van der Waals surface area (Å²) in [5.74, 6) is 1.48.